The van der Waals surface area contributed by atoms with Gasteiger partial charge in [-0.3, -0.25) is 0 Å². The Balaban J connectivity index is 1.64. The molecule has 0 aliphatic carbocycles. The number of hydrogen-bond donors (Lipinski definition) is 3. The van der Waals surface area contributed by atoms with E-state index in [1.54, 1.807) is 42.5 Å². The third kappa shape index (κ3) is 3.90. The molecule has 1 aliphatic heterocycles. The van der Waals surface area contributed by atoms with Gasteiger partial charge in [-0.25, -0.2) is 4.79 Å². The lowest BCUT2D eigenvalue weighted by atomic mass is 10.0. The van der Waals surface area contributed by atoms with Gasteiger partial charge in [0.25, 0.3) is 0 Å². The summed E-state index contributed by atoms with van der Waals surface area (Å²) in [6.07, 6.45) is -0.332. The largest absolute Gasteiger partial charge is 0.507 e. The summed E-state index contributed by atoms with van der Waals surface area (Å²) < 4.78 is 6.09. The van der Waals surface area contributed by atoms with E-state index in [-0.39, 0.29) is 23.5 Å². The standard InChI is InChI=1S/C22H22N4O4/c1-13-11-26(12-20(30-13)14-6-8-15(9-7-14)22(28)29)18-10-17(24-25-21(18)23)16-4-2-3-5-19(16)27/h2-10,13,20,27H,11-12H2,1H3,(H2,23,25)(H,28,29)/t13-,20+/m1/s1. The van der Waals surface area contributed by atoms with E-state index in [2.05, 4.69) is 15.1 Å². The van der Waals surface area contributed by atoms with Crippen molar-refractivity contribution in [2.75, 3.05) is 23.7 Å². The molecule has 1 aromatic heterocycles. The lowest BCUT2D eigenvalue weighted by Crippen LogP contribution is -2.43. The number of aromatic carboxylic acids is 1. The number of carboxylic acids is 1. The first kappa shape index (κ1) is 19.7. The van der Waals surface area contributed by atoms with Gasteiger partial charge in [-0.05, 0) is 42.8 Å². The van der Waals surface area contributed by atoms with Gasteiger partial charge in [0.1, 0.15) is 11.9 Å². The highest BCUT2D eigenvalue weighted by atomic mass is 16.5. The van der Waals surface area contributed by atoms with E-state index in [4.69, 9.17) is 15.6 Å². The molecule has 1 fully saturated rings. The molecule has 8 heteroatoms. The molecule has 2 aromatic carbocycles. The van der Waals surface area contributed by atoms with Crippen LogP contribution in [0.1, 0.15) is 28.9 Å². The first-order chi connectivity index (χ1) is 14.4. The lowest BCUT2D eigenvalue weighted by molar-refractivity contribution is -0.0173. The number of para-hydroxylation sites is 1. The summed E-state index contributed by atoms with van der Waals surface area (Å²) in [5, 5.41) is 27.5. The number of carbonyl (C=O) groups is 1. The average Bonchev–Trinajstić information content (AvgIpc) is 2.74. The molecule has 4 N–H and O–H groups in total. The first-order valence-corrected chi connectivity index (χ1v) is 9.57. The molecule has 1 saturated heterocycles. The maximum absolute atomic E-state index is 11.1. The van der Waals surface area contributed by atoms with Crippen molar-refractivity contribution in [3.8, 4) is 17.0 Å². The van der Waals surface area contributed by atoms with E-state index in [0.717, 1.165) is 5.56 Å². The minimum absolute atomic E-state index is 0.0796. The molecule has 0 spiro atoms. The molecule has 4 rings (SSSR count). The number of aromatic nitrogens is 2. The average molecular weight is 406 g/mol. The fourth-order valence-electron chi connectivity index (χ4n) is 3.64. The number of nitrogens with two attached hydrogens (primary N) is 1. The number of nitrogen functional groups attached to an aromatic ring is 1. The fraction of sp³-hybridized carbons (Fsp3) is 0.227. The number of hydrogen-bond acceptors (Lipinski definition) is 7. The van der Waals surface area contributed by atoms with Crippen LogP contribution in [0.15, 0.2) is 54.6 Å². The minimum Gasteiger partial charge on any atom is -0.507 e. The van der Waals surface area contributed by atoms with Gasteiger partial charge in [-0.2, -0.15) is 0 Å². The van der Waals surface area contributed by atoms with Crippen molar-refractivity contribution in [2.45, 2.75) is 19.1 Å². The summed E-state index contributed by atoms with van der Waals surface area (Å²) in [5.74, 6) is -0.550. The van der Waals surface area contributed by atoms with Crippen LogP contribution >= 0.6 is 0 Å². The molecule has 3 aromatic rings. The summed E-state index contributed by atoms with van der Waals surface area (Å²) >= 11 is 0. The van der Waals surface area contributed by atoms with Crippen LogP contribution in [0.2, 0.25) is 0 Å². The third-order valence-electron chi connectivity index (χ3n) is 5.11. The van der Waals surface area contributed by atoms with Crippen LogP contribution in [-0.2, 0) is 4.74 Å². The van der Waals surface area contributed by atoms with Gasteiger partial charge in [0, 0.05) is 18.7 Å². The number of benzene rings is 2. The van der Waals surface area contributed by atoms with E-state index < -0.39 is 5.97 Å². The monoisotopic (exact) mass is 406 g/mol. The van der Waals surface area contributed by atoms with Gasteiger partial charge in [-0.15, -0.1) is 10.2 Å². The third-order valence-corrected chi connectivity index (χ3v) is 5.11. The Hall–Kier alpha value is -3.65. The van der Waals surface area contributed by atoms with Gasteiger partial charge >= 0.3 is 5.97 Å². The van der Waals surface area contributed by atoms with Crippen LogP contribution < -0.4 is 10.6 Å². The Morgan fingerprint density at radius 1 is 1.13 bits per heavy atom. The fourth-order valence-corrected chi connectivity index (χ4v) is 3.64. The zero-order valence-electron chi connectivity index (χ0n) is 16.4. The van der Waals surface area contributed by atoms with Crippen LogP contribution in [0, 0.1) is 0 Å². The Labute approximate surface area is 173 Å². The SMILES string of the molecule is C[C@@H]1CN(c2cc(-c3ccccc3O)nnc2N)C[C@@H](c2ccc(C(=O)O)cc2)O1. The number of carboxylic acid groups (broad SMARTS) is 1. The van der Waals surface area contributed by atoms with E-state index in [1.165, 1.54) is 0 Å². The quantitative estimate of drug-likeness (QED) is 0.604. The van der Waals surface area contributed by atoms with Crippen molar-refractivity contribution in [2.24, 2.45) is 0 Å². The topological polar surface area (TPSA) is 122 Å². The smallest absolute Gasteiger partial charge is 0.335 e. The molecule has 154 valence electrons. The van der Waals surface area contributed by atoms with Gasteiger partial charge < -0.3 is 25.6 Å². The molecule has 0 radical (unpaired) electrons. The molecule has 8 nitrogen and oxygen atoms in total. The Kier molecular flexibility index (Phi) is 5.24. The highest BCUT2D eigenvalue weighted by Gasteiger charge is 2.28. The summed E-state index contributed by atoms with van der Waals surface area (Å²) in [7, 11) is 0. The lowest BCUT2D eigenvalue weighted by Gasteiger charge is -2.38. The first-order valence-electron chi connectivity index (χ1n) is 9.57. The van der Waals surface area contributed by atoms with Gasteiger partial charge in [-0.1, -0.05) is 24.3 Å². The predicted octanol–water partition coefficient (Wildman–Crippen LogP) is 3.10. The predicted molar refractivity (Wildman–Crippen MR) is 112 cm³/mol. The Bertz CT molecular complexity index is 1070. The second-order valence-electron chi connectivity index (χ2n) is 7.28. The van der Waals surface area contributed by atoms with Crippen molar-refractivity contribution < 1.29 is 19.7 Å². The Morgan fingerprint density at radius 3 is 2.57 bits per heavy atom. The van der Waals surface area contributed by atoms with Gasteiger partial charge in [0.15, 0.2) is 5.82 Å². The maximum Gasteiger partial charge on any atom is 0.335 e. The summed E-state index contributed by atoms with van der Waals surface area (Å²) in [5.41, 5.74) is 9.07. The minimum atomic E-state index is -0.964. The summed E-state index contributed by atoms with van der Waals surface area (Å²) in [6, 6.07) is 15.4. The van der Waals surface area contributed by atoms with E-state index in [9.17, 15) is 9.90 Å². The molecule has 2 heterocycles. The van der Waals surface area contributed by atoms with Crippen molar-refractivity contribution in [1.29, 1.82) is 0 Å². The van der Waals surface area contributed by atoms with E-state index in [1.807, 2.05) is 19.1 Å². The normalized spacial score (nSPS) is 18.9. The number of nitrogens with zero attached hydrogens (tertiary/aromatic N) is 3. The molecule has 0 amide bonds. The summed E-state index contributed by atoms with van der Waals surface area (Å²) in [4.78, 5) is 13.2. The van der Waals surface area contributed by atoms with Crippen LogP contribution in [0.25, 0.3) is 11.3 Å². The molecule has 1 aliphatic rings. The number of phenols is 1. The molecule has 0 saturated carbocycles. The number of rotatable bonds is 4. The highest BCUT2D eigenvalue weighted by Crippen LogP contribution is 2.34. The maximum atomic E-state index is 11.1. The molecule has 2 atom stereocenters. The summed E-state index contributed by atoms with van der Waals surface area (Å²) in [6.45, 7) is 3.10. The number of morpholine rings is 1. The molecular weight excluding hydrogens is 384 g/mol. The van der Waals surface area contributed by atoms with Crippen LogP contribution in [-0.4, -0.2) is 45.6 Å². The molecule has 30 heavy (non-hydrogen) atoms. The zero-order chi connectivity index (χ0) is 21.3. The second-order valence-corrected chi connectivity index (χ2v) is 7.28. The number of ether oxygens (including phenoxy) is 1. The Morgan fingerprint density at radius 2 is 1.87 bits per heavy atom. The van der Waals surface area contributed by atoms with E-state index >= 15 is 0 Å². The number of aromatic hydroxyl groups is 1. The van der Waals surface area contributed by atoms with E-state index in [0.29, 0.717) is 35.9 Å². The van der Waals surface area contributed by atoms with Crippen molar-refractivity contribution in [3.05, 3.63) is 65.7 Å². The van der Waals surface area contributed by atoms with Crippen LogP contribution in [0.3, 0.4) is 0 Å². The number of phenolic OH excluding ortho intramolecular Hbond substituents is 1. The van der Waals surface area contributed by atoms with Gasteiger partial charge in [0.2, 0.25) is 0 Å². The molecular formula is C22H22N4O4. The van der Waals surface area contributed by atoms with Crippen molar-refractivity contribution in [3.63, 3.8) is 0 Å². The highest BCUT2D eigenvalue weighted by molar-refractivity contribution is 5.87. The molecule has 0 bridgehead atoms. The van der Waals surface area contributed by atoms with Gasteiger partial charge in [0.05, 0.1) is 23.0 Å². The zero-order valence-corrected chi connectivity index (χ0v) is 16.4. The van der Waals surface area contributed by atoms with Crippen molar-refractivity contribution in [1.82, 2.24) is 10.2 Å². The second kappa shape index (κ2) is 8.00. The number of anilines is 2. The van der Waals surface area contributed by atoms with Crippen LogP contribution in [0.4, 0.5) is 11.5 Å². The molecule has 0 unspecified atom stereocenters. The van der Waals surface area contributed by atoms with Crippen molar-refractivity contribution >= 4 is 17.5 Å². The van der Waals surface area contributed by atoms with Crippen LogP contribution in [0.5, 0.6) is 5.75 Å².